The molecule has 0 aliphatic heterocycles. The summed E-state index contributed by atoms with van der Waals surface area (Å²) in [5, 5.41) is 9.47. The van der Waals surface area contributed by atoms with Crippen molar-refractivity contribution in [3.05, 3.63) is 14.7 Å². The van der Waals surface area contributed by atoms with Crippen LogP contribution < -0.4 is 4.72 Å². The van der Waals surface area contributed by atoms with Gasteiger partial charge in [0.2, 0.25) is 10.0 Å². The van der Waals surface area contributed by atoms with Crippen LogP contribution in [0.15, 0.2) is 14.7 Å². The molecule has 2 N–H and O–H groups in total. The zero-order valence-electron chi connectivity index (χ0n) is 11.7. The molecule has 0 amide bonds. The highest BCUT2D eigenvalue weighted by molar-refractivity contribution is 9.11. The van der Waals surface area contributed by atoms with Crippen LogP contribution in [0.3, 0.4) is 0 Å². The molecule has 5 nitrogen and oxygen atoms in total. The summed E-state index contributed by atoms with van der Waals surface area (Å²) in [7, 11) is -3.67. The second-order valence-corrected chi connectivity index (χ2v) is 9.81. The predicted molar refractivity (Wildman–Crippen MR) is 85.1 cm³/mol. The molecule has 1 aromatic heterocycles. The minimum Gasteiger partial charge on any atom is -0.481 e. The Morgan fingerprint density at radius 3 is 2.52 bits per heavy atom. The van der Waals surface area contributed by atoms with Gasteiger partial charge in [-0.25, -0.2) is 13.1 Å². The van der Waals surface area contributed by atoms with Crippen molar-refractivity contribution >= 4 is 43.3 Å². The Balaban J connectivity index is 2.17. The van der Waals surface area contributed by atoms with Gasteiger partial charge < -0.3 is 5.11 Å². The molecule has 0 radical (unpaired) electrons. The van der Waals surface area contributed by atoms with E-state index in [4.69, 9.17) is 0 Å². The van der Waals surface area contributed by atoms with E-state index < -0.39 is 21.4 Å². The van der Waals surface area contributed by atoms with Crippen LogP contribution in [0.4, 0.5) is 0 Å². The summed E-state index contributed by atoms with van der Waals surface area (Å²) in [5.41, 5.74) is -0.966. The average molecular weight is 396 g/mol. The van der Waals surface area contributed by atoms with Gasteiger partial charge in [-0.2, -0.15) is 0 Å². The van der Waals surface area contributed by atoms with Gasteiger partial charge in [0.1, 0.15) is 0 Å². The zero-order valence-corrected chi connectivity index (χ0v) is 14.9. The number of rotatable bonds is 5. The van der Waals surface area contributed by atoms with E-state index >= 15 is 0 Å². The number of aliphatic carboxylic acids is 1. The third-order valence-corrected chi connectivity index (χ3v) is 7.21. The Labute approximate surface area is 136 Å². The SMILES string of the molecule is Cc1sc(Br)cc1S(=O)(=O)NCC1(C(=O)O)CCCCC1. The van der Waals surface area contributed by atoms with Crippen molar-refractivity contribution in [1.29, 1.82) is 0 Å². The van der Waals surface area contributed by atoms with Gasteiger partial charge in [0.25, 0.3) is 0 Å². The van der Waals surface area contributed by atoms with Gasteiger partial charge in [-0.05, 0) is 41.8 Å². The third kappa shape index (κ3) is 3.67. The summed E-state index contributed by atoms with van der Waals surface area (Å²) in [4.78, 5) is 12.5. The lowest BCUT2D eigenvalue weighted by Crippen LogP contribution is -2.44. The van der Waals surface area contributed by atoms with Crippen molar-refractivity contribution < 1.29 is 18.3 Å². The molecule has 1 saturated carbocycles. The maximum absolute atomic E-state index is 12.4. The molecule has 0 unspecified atom stereocenters. The highest BCUT2D eigenvalue weighted by atomic mass is 79.9. The lowest BCUT2D eigenvalue weighted by atomic mass is 9.74. The number of aryl methyl sites for hydroxylation is 1. The second kappa shape index (κ2) is 6.36. The molecule has 1 fully saturated rings. The van der Waals surface area contributed by atoms with Crippen molar-refractivity contribution in [1.82, 2.24) is 4.72 Å². The zero-order chi connectivity index (χ0) is 15.7. The molecule has 0 aromatic carbocycles. The van der Waals surface area contributed by atoms with E-state index in [2.05, 4.69) is 20.7 Å². The molecule has 2 rings (SSSR count). The normalized spacial score (nSPS) is 18.6. The number of carboxylic acids is 1. The van der Waals surface area contributed by atoms with E-state index in [0.29, 0.717) is 17.7 Å². The Hall–Kier alpha value is -0.440. The molecule has 8 heteroatoms. The lowest BCUT2D eigenvalue weighted by Gasteiger charge is -2.33. The van der Waals surface area contributed by atoms with Crippen LogP contribution in [0.1, 0.15) is 37.0 Å². The molecule has 0 spiro atoms. The van der Waals surface area contributed by atoms with Crippen LogP contribution in [0, 0.1) is 12.3 Å². The molecular weight excluding hydrogens is 378 g/mol. The number of nitrogens with one attached hydrogen (secondary N) is 1. The first kappa shape index (κ1) is 16.9. The molecule has 118 valence electrons. The first-order valence-corrected chi connectivity index (χ1v) is 9.85. The van der Waals surface area contributed by atoms with E-state index in [1.54, 1.807) is 13.0 Å². The number of halogens is 1. The van der Waals surface area contributed by atoms with Gasteiger partial charge in [-0.1, -0.05) is 19.3 Å². The number of thiophene rings is 1. The minimum atomic E-state index is -3.67. The maximum Gasteiger partial charge on any atom is 0.310 e. The third-order valence-electron chi connectivity index (χ3n) is 4.00. The van der Waals surface area contributed by atoms with Crippen LogP contribution in [0.5, 0.6) is 0 Å². The first-order chi connectivity index (χ1) is 9.77. The molecular formula is C13H18BrNO4S2. The standard InChI is InChI=1S/C13H18BrNO4S2/c1-9-10(7-11(14)20-9)21(18,19)15-8-13(12(16)17)5-3-2-4-6-13/h7,15H,2-6,8H2,1H3,(H,16,17). The van der Waals surface area contributed by atoms with E-state index in [0.717, 1.165) is 23.0 Å². The fraction of sp³-hybridized carbons (Fsp3) is 0.615. The van der Waals surface area contributed by atoms with Gasteiger partial charge in [0.15, 0.2) is 0 Å². The number of hydrogen-bond acceptors (Lipinski definition) is 4. The Bertz CT molecular complexity index is 633. The summed E-state index contributed by atoms with van der Waals surface area (Å²) >= 11 is 4.61. The largest absolute Gasteiger partial charge is 0.481 e. The highest BCUT2D eigenvalue weighted by Gasteiger charge is 2.40. The van der Waals surface area contributed by atoms with Crippen LogP contribution in [-0.4, -0.2) is 26.0 Å². The van der Waals surface area contributed by atoms with Gasteiger partial charge in [-0.15, -0.1) is 11.3 Å². The van der Waals surface area contributed by atoms with Crippen molar-refractivity contribution in [3.63, 3.8) is 0 Å². The lowest BCUT2D eigenvalue weighted by molar-refractivity contribution is -0.150. The number of sulfonamides is 1. The van der Waals surface area contributed by atoms with Gasteiger partial charge >= 0.3 is 5.97 Å². The molecule has 1 aliphatic carbocycles. The molecule has 0 saturated heterocycles. The van der Waals surface area contributed by atoms with Crippen molar-refractivity contribution in [2.24, 2.45) is 5.41 Å². The van der Waals surface area contributed by atoms with Crippen LogP contribution in [0.2, 0.25) is 0 Å². The monoisotopic (exact) mass is 395 g/mol. The van der Waals surface area contributed by atoms with E-state index in [1.165, 1.54) is 11.3 Å². The van der Waals surface area contributed by atoms with Crippen molar-refractivity contribution in [2.45, 2.75) is 43.9 Å². The smallest absolute Gasteiger partial charge is 0.310 e. The van der Waals surface area contributed by atoms with Crippen molar-refractivity contribution in [2.75, 3.05) is 6.54 Å². The van der Waals surface area contributed by atoms with Gasteiger partial charge in [0, 0.05) is 11.4 Å². The van der Waals surface area contributed by atoms with Crippen LogP contribution in [-0.2, 0) is 14.8 Å². The second-order valence-electron chi connectivity index (χ2n) is 5.44. The number of carbonyl (C=O) groups is 1. The maximum atomic E-state index is 12.4. The summed E-state index contributed by atoms with van der Waals surface area (Å²) in [6.07, 6.45) is 3.72. The average Bonchev–Trinajstić information content (AvgIpc) is 2.77. The minimum absolute atomic E-state index is 0.0441. The number of carboxylic acid groups (broad SMARTS) is 1. The molecule has 0 atom stereocenters. The molecule has 1 heterocycles. The van der Waals surface area contributed by atoms with E-state index in [1.807, 2.05) is 0 Å². The van der Waals surface area contributed by atoms with Crippen molar-refractivity contribution in [3.8, 4) is 0 Å². The van der Waals surface area contributed by atoms with Gasteiger partial charge in [0.05, 0.1) is 14.1 Å². The van der Waals surface area contributed by atoms with Crippen LogP contribution in [0.25, 0.3) is 0 Å². The fourth-order valence-corrected chi connectivity index (χ4v) is 6.24. The van der Waals surface area contributed by atoms with E-state index in [-0.39, 0.29) is 11.4 Å². The molecule has 0 bridgehead atoms. The predicted octanol–water partition coefficient (Wildman–Crippen LogP) is 3.13. The summed E-state index contributed by atoms with van der Waals surface area (Å²) in [6.45, 7) is 1.69. The molecule has 21 heavy (non-hydrogen) atoms. The van der Waals surface area contributed by atoms with E-state index in [9.17, 15) is 18.3 Å². The first-order valence-electron chi connectivity index (χ1n) is 6.76. The Morgan fingerprint density at radius 2 is 2.05 bits per heavy atom. The topological polar surface area (TPSA) is 83.5 Å². The summed E-state index contributed by atoms with van der Waals surface area (Å²) in [5.74, 6) is -0.909. The highest BCUT2D eigenvalue weighted by Crippen LogP contribution is 2.37. The quantitative estimate of drug-likeness (QED) is 0.801. The molecule has 1 aliphatic rings. The molecule has 1 aromatic rings. The fourth-order valence-electron chi connectivity index (χ4n) is 2.70. The van der Waals surface area contributed by atoms with Crippen LogP contribution >= 0.6 is 27.3 Å². The number of hydrogen-bond donors (Lipinski definition) is 2. The van der Waals surface area contributed by atoms with Gasteiger partial charge in [-0.3, -0.25) is 4.79 Å². The summed E-state index contributed by atoms with van der Waals surface area (Å²) < 4.78 is 28.0. The Kier molecular flexibility index (Phi) is 5.12. The Morgan fingerprint density at radius 1 is 1.43 bits per heavy atom. The summed E-state index contributed by atoms with van der Waals surface area (Å²) in [6, 6.07) is 1.55.